The highest BCUT2D eigenvalue weighted by Crippen LogP contribution is 2.41. The zero-order valence-corrected chi connectivity index (χ0v) is 43.2. The van der Waals surface area contributed by atoms with Gasteiger partial charge in [-0.25, -0.2) is 13.1 Å². The summed E-state index contributed by atoms with van der Waals surface area (Å²) in [5.41, 5.74) is 6.57. The number of carbonyl (C=O) groups is 1. The van der Waals surface area contributed by atoms with Gasteiger partial charge in [0.1, 0.15) is 23.8 Å². The van der Waals surface area contributed by atoms with Crippen molar-refractivity contribution in [2.75, 3.05) is 94.0 Å². The Balaban J connectivity index is 0.999. The first-order chi connectivity index (χ1) is 34.2. The van der Waals surface area contributed by atoms with Gasteiger partial charge in [-0.05, 0) is 104 Å². The van der Waals surface area contributed by atoms with Gasteiger partial charge < -0.3 is 38.6 Å². The largest absolute Gasteiger partial charge is 0.476 e. The molecule has 71 heavy (non-hydrogen) atoms. The minimum atomic E-state index is -4.62. The van der Waals surface area contributed by atoms with Gasteiger partial charge in [-0.2, -0.15) is 4.98 Å². The number of piperazine rings is 1. The third kappa shape index (κ3) is 12.2. The van der Waals surface area contributed by atoms with Crippen LogP contribution in [0.4, 0.5) is 28.4 Å². The first-order valence-electron chi connectivity index (χ1n) is 24.5. The number of allylic oxidation sites excluding steroid dienone is 1. The van der Waals surface area contributed by atoms with Gasteiger partial charge in [0.15, 0.2) is 0 Å². The van der Waals surface area contributed by atoms with Crippen molar-refractivity contribution < 1.29 is 37.1 Å². The Morgan fingerprint density at radius 3 is 2.49 bits per heavy atom. The van der Waals surface area contributed by atoms with Crippen molar-refractivity contribution in [2.45, 2.75) is 75.5 Å². The predicted octanol–water partition coefficient (Wildman–Crippen LogP) is 8.93. The van der Waals surface area contributed by atoms with Crippen molar-refractivity contribution in [3.8, 4) is 5.88 Å². The highest BCUT2D eigenvalue weighted by atomic mass is 35.5. The fourth-order valence-electron chi connectivity index (χ4n) is 9.59. The lowest BCUT2D eigenvalue weighted by atomic mass is 9.87. The number of benzene rings is 3. The second-order valence-electron chi connectivity index (χ2n) is 19.8. The third-order valence-electron chi connectivity index (χ3n) is 13.5. The molecule has 5 aromatic rings. The molecule has 2 fully saturated rings. The van der Waals surface area contributed by atoms with E-state index >= 15 is 0 Å². The minimum absolute atomic E-state index is 0.0960. The molecule has 1 aliphatic carbocycles. The molecule has 9 rings (SSSR count). The van der Waals surface area contributed by atoms with Crippen molar-refractivity contribution in [1.82, 2.24) is 19.2 Å². The Labute approximate surface area is 421 Å². The average Bonchev–Trinajstić information content (AvgIpc) is 3.63. The maximum atomic E-state index is 14.5. The third-order valence-corrected chi connectivity index (χ3v) is 16.8. The van der Waals surface area contributed by atoms with E-state index in [1.165, 1.54) is 41.7 Å². The fraction of sp³-hybridized carbons (Fsp3) is 0.451. The number of sulfonamides is 1. The molecule has 0 spiro atoms. The van der Waals surface area contributed by atoms with Gasteiger partial charge in [-0.3, -0.25) is 19.8 Å². The van der Waals surface area contributed by atoms with Crippen LogP contribution in [0.1, 0.15) is 48.0 Å². The molecule has 1 atom stereocenters. The Kier molecular flexibility index (Phi) is 15.7. The quantitative estimate of drug-likeness (QED) is 0.0390. The molecule has 3 aromatic carbocycles. The van der Waals surface area contributed by atoms with E-state index in [2.05, 4.69) is 51.6 Å². The number of fused-ring (bicyclic) bond motifs is 2. The number of pyridine rings is 1. The standard InChI is InChI=1S/C51H63ClN8O9SSi/c1-71(2,3)28-27-67-35-58-19-17-37-29-48-51(54-49(37)58)69-24-6-18-59(48)46-30-40(57-22-20-56(21-23-57)33-38-7-4-5-8-43(38)36-9-11-39(52)12-10-36)13-15-44(46)50(61)55-70(64,65)42-14-16-45(47(31-42)60(62)63)53-32-41-34-66-25-26-68-41/h9-17,19,29-31,41,53H,4-8,18,20-28,32-35H2,1-3H3,(H,55,61)/t41-/m0/s1. The van der Waals surface area contributed by atoms with Crippen LogP contribution in [0.25, 0.3) is 16.6 Å². The molecule has 0 saturated carbocycles. The number of ether oxygens (including phenoxy) is 4. The normalized spacial score (nSPS) is 18.2. The Hall–Kier alpha value is -5.54. The zero-order valence-electron chi connectivity index (χ0n) is 40.7. The lowest BCUT2D eigenvalue weighted by Gasteiger charge is -2.38. The highest BCUT2D eigenvalue weighted by molar-refractivity contribution is 7.90. The zero-order chi connectivity index (χ0) is 49.7. The van der Waals surface area contributed by atoms with E-state index < -0.39 is 39.5 Å². The molecule has 4 aliphatic rings. The van der Waals surface area contributed by atoms with Crippen LogP contribution in [0, 0.1) is 10.1 Å². The molecule has 2 saturated heterocycles. The van der Waals surface area contributed by atoms with E-state index in [0.29, 0.717) is 75.6 Å². The van der Waals surface area contributed by atoms with Crippen LogP contribution < -0.4 is 24.6 Å². The molecule has 1 amide bonds. The predicted molar refractivity (Wildman–Crippen MR) is 280 cm³/mol. The van der Waals surface area contributed by atoms with Gasteiger partial charge in [-0.15, -0.1) is 0 Å². The topological polar surface area (TPSA) is 183 Å². The van der Waals surface area contributed by atoms with Crippen LogP contribution in [-0.2, 0) is 31.0 Å². The lowest BCUT2D eigenvalue weighted by molar-refractivity contribution is -0.384. The van der Waals surface area contributed by atoms with Gasteiger partial charge in [0.2, 0.25) is 5.88 Å². The number of nitrogens with one attached hydrogen (secondary N) is 2. The summed E-state index contributed by atoms with van der Waals surface area (Å²) in [6.07, 6.45) is 6.68. The summed E-state index contributed by atoms with van der Waals surface area (Å²) >= 11 is 6.24. The summed E-state index contributed by atoms with van der Waals surface area (Å²) in [4.78, 5) is 37.5. The SMILES string of the molecule is C[Si](C)(C)CCOCn1ccc2cc3c(nc21)OCCCN3c1cc(N2CCN(CC3=C(c4ccc(Cl)cc4)CCCC3)CC2)ccc1C(=O)NS(=O)(=O)c1ccc(NC[C@H]2COCCO2)c([N+](=O)[O-])c1. The summed E-state index contributed by atoms with van der Waals surface area (Å²) in [6.45, 7) is 14.2. The van der Waals surface area contributed by atoms with E-state index in [4.69, 9.17) is 35.5 Å². The van der Waals surface area contributed by atoms with E-state index in [0.717, 1.165) is 73.8 Å². The van der Waals surface area contributed by atoms with Crippen molar-refractivity contribution in [1.29, 1.82) is 0 Å². The molecule has 378 valence electrons. The Bertz CT molecular complexity index is 2880. The van der Waals surface area contributed by atoms with Gasteiger partial charge in [0.05, 0.1) is 53.6 Å². The summed E-state index contributed by atoms with van der Waals surface area (Å²) in [6, 6.07) is 22.2. The monoisotopic (exact) mass is 1030 g/mol. The summed E-state index contributed by atoms with van der Waals surface area (Å²) in [7, 11) is -5.90. The number of hydrogen-bond donors (Lipinski definition) is 2. The molecule has 17 nitrogen and oxygen atoms in total. The molecule has 3 aliphatic heterocycles. The smallest absolute Gasteiger partial charge is 0.293 e. The van der Waals surface area contributed by atoms with Crippen LogP contribution in [0.2, 0.25) is 30.7 Å². The van der Waals surface area contributed by atoms with Gasteiger partial charge >= 0.3 is 0 Å². The number of nitro benzene ring substituents is 1. The lowest BCUT2D eigenvalue weighted by Crippen LogP contribution is -2.47. The van der Waals surface area contributed by atoms with Crippen LogP contribution >= 0.6 is 11.6 Å². The van der Waals surface area contributed by atoms with Crippen molar-refractivity contribution in [3.05, 3.63) is 111 Å². The number of nitrogens with zero attached hydrogens (tertiary/aromatic N) is 6. The van der Waals surface area contributed by atoms with E-state index in [1.54, 1.807) is 6.07 Å². The second kappa shape index (κ2) is 22.1. The fourth-order valence-corrected chi connectivity index (χ4v) is 11.5. The molecule has 20 heteroatoms. The average molecular weight is 1030 g/mol. The summed E-state index contributed by atoms with van der Waals surface area (Å²) in [5.74, 6) is -0.510. The number of anilines is 4. The molecule has 2 aromatic heterocycles. The Morgan fingerprint density at radius 2 is 1.73 bits per heavy atom. The molecule has 0 bridgehead atoms. The maximum absolute atomic E-state index is 14.5. The van der Waals surface area contributed by atoms with Gasteiger partial charge in [0.25, 0.3) is 21.6 Å². The van der Waals surface area contributed by atoms with Gasteiger partial charge in [0, 0.05) is 88.9 Å². The molecule has 5 heterocycles. The van der Waals surface area contributed by atoms with Crippen LogP contribution in [0.3, 0.4) is 0 Å². The second-order valence-corrected chi connectivity index (χ2v) is 27.5. The minimum Gasteiger partial charge on any atom is -0.476 e. The highest BCUT2D eigenvalue weighted by Gasteiger charge is 2.31. The number of nitro groups is 1. The first-order valence-corrected chi connectivity index (χ1v) is 30.1. The summed E-state index contributed by atoms with van der Waals surface area (Å²) in [5, 5.41) is 16.8. The van der Waals surface area contributed by atoms with Crippen molar-refractivity contribution in [2.24, 2.45) is 0 Å². The number of hydrogen-bond acceptors (Lipinski definition) is 14. The van der Waals surface area contributed by atoms with Crippen molar-refractivity contribution >= 4 is 80.6 Å². The van der Waals surface area contributed by atoms with E-state index in [1.807, 2.05) is 52.1 Å². The molecular formula is C51H63ClN8O9SSi. The number of halogens is 1. The molecule has 0 radical (unpaired) electrons. The Morgan fingerprint density at radius 1 is 0.930 bits per heavy atom. The number of rotatable bonds is 17. The van der Waals surface area contributed by atoms with Crippen LogP contribution in [-0.4, -0.2) is 127 Å². The maximum Gasteiger partial charge on any atom is 0.293 e. The number of amides is 1. The number of aromatic nitrogens is 2. The summed E-state index contributed by atoms with van der Waals surface area (Å²) < 4.78 is 55.8. The number of carbonyl (C=O) groups excluding carboxylic acids is 1. The molecule has 0 unspecified atom stereocenters. The van der Waals surface area contributed by atoms with Crippen molar-refractivity contribution in [3.63, 3.8) is 0 Å². The molecular weight excluding hydrogens is 964 g/mol. The van der Waals surface area contributed by atoms with E-state index in [-0.39, 0.29) is 23.9 Å². The first kappa shape index (κ1) is 50.4. The van der Waals surface area contributed by atoms with Crippen LogP contribution in [0.15, 0.2) is 89.5 Å². The molecule has 2 N–H and O–H groups in total. The van der Waals surface area contributed by atoms with Gasteiger partial charge in [-0.1, -0.05) is 48.9 Å². The van der Waals surface area contributed by atoms with E-state index in [9.17, 15) is 23.3 Å². The van der Waals surface area contributed by atoms with Crippen LogP contribution in [0.5, 0.6) is 5.88 Å².